The maximum atomic E-state index is 14.0. The van der Waals surface area contributed by atoms with Crippen molar-refractivity contribution in [2.45, 2.75) is 25.4 Å². The molecule has 3 rings (SSSR count). The standard InChI is InChI=1S/C18H17ClFNO2S/c19-17-7-4-8-18(20)16(17)13-21(15-9-10-15)24(22,23)12-11-14-5-2-1-3-6-14/h1-8,11-12,15H,9-10,13H2/b12-11+. The van der Waals surface area contributed by atoms with Crippen molar-refractivity contribution in [2.75, 3.05) is 0 Å². The van der Waals surface area contributed by atoms with E-state index < -0.39 is 15.8 Å². The summed E-state index contributed by atoms with van der Waals surface area (Å²) in [6, 6.07) is 13.5. The fourth-order valence-electron chi connectivity index (χ4n) is 2.44. The number of hydrogen-bond donors (Lipinski definition) is 0. The second kappa shape index (κ2) is 7.05. The average Bonchev–Trinajstić information content (AvgIpc) is 3.38. The van der Waals surface area contributed by atoms with Gasteiger partial charge in [-0.3, -0.25) is 0 Å². The molecule has 0 N–H and O–H groups in total. The van der Waals surface area contributed by atoms with Gasteiger partial charge in [-0.05, 0) is 36.6 Å². The number of sulfonamides is 1. The highest BCUT2D eigenvalue weighted by Gasteiger charge is 2.36. The molecule has 24 heavy (non-hydrogen) atoms. The lowest BCUT2D eigenvalue weighted by atomic mass is 10.2. The minimum atomic E-state index is -3.66. The van der Waals surface area contributed by atoms with Crippen LogP contribution in [-0.2, 0) is 16.6 Å². The average molecular weight is 366 g/mol. The molecule has 0 spiro atoms. The first kappa shape index (κ1) is 17.1. The van der Waals surface area contributed by atoms with Gasteiger partial charge in [-0.1, -0.05) is 48.0 Å². The highest BCUT2D eigenvalue weighted by atomic mass is 35.5. The fraction of sp³-hybridized carbons (Fsp3) is 0.222. The smallest absolute Gasteiger partial charge is 0.207 e. The van der Waals surface area contributed by atoms with Crippen molar-refractivity contribution in [3.63, 3.8) is 0 Å². The Kier molecular flexibility index (Phi) is 5.04. The van der Waals surface area contributed by atoms with Crippen LogP contribution in [-0.4, -0.2) is 18.8 Å². The van der Waals surface area contributed by atoms with E-state index >= 15 is 0 Å². The molecular weight excluding hydrogens is 349 g/mol. The van der Waals surface area contributed by atoms with Gasteiger partial charge in [0.2, 0.25) is 10.0 Å². The van der Waals surface area contributed by atoms with Gasteiger partial charge in [-0.15, -0.1) is 0 Å². The Morgan fingerprint density at radius 2 is 1.83 bits per heavy atom. The molecule has 0 saturated heterocycles. The van der Waals surface area contributed by atoms with Gasteiger partial charge < -0.3 is 0 Å². The van der Waals surface area contributed by atoms with Gasteiger partial charge in [0.1, 0.15) is 5.82 Å². The number of benzene rings is 2. The maximum Gasteiger partial charge on any atom is 0.236 e. The summed E-state index contributed by atoms with van der Waals surface area (Å²) >= 11 is 6.04. The van der Waals surface area contributed by atoms with Crippen LogP contribution in [0.25, 0.3) is 6.08 Å². The summed E-state index contributed by atoms with van der Waals surface area (Å²) in [4.78, 5) is 0. The molecule has 3 nitrogen and oxygen atoms in total. The summed E-state index contributed by atoms with van der Waals surface area (Å²) in [7, 11) is -3.66. The molecular formula is C18H17ClFNO2S. The van der Waals surface area contributed by atoms with E-state index in [0.29, 0.717) is 0 Å². The Hall–Kier alpha value is -1.69. The van der Waals surface area contributed by atoms with Gasteiger partial charge in [-0.25, -0.2) is 12.8 Å². The van der Waals surface area contributed by atoms with Crippen molar-refractivity contribution < 1.29 is 12.8 Å². The van der Waals surface area contributed by atoms with Gasteiger partial charge in [0.25, 0.3) is 0 Å². The second-order valence-corrected chi connectivity index (χ2v) is 7.91. The van der Waals surface area contributed by atoms with E-state index in [1.165, 1.54) is 21.8 Å². The molecule has 0 heterocycles. The SMILES string of the molecule is O=S(=O)(/C=C/c1ccccc1)N(Cc1c(F)cccc1Cl)C1CC1. The van der Waals surface area contributed by atoms with E-state index in [-0.39, 0.29) is 23.2 Å². The molecule has 0 unspecified atom stereocenters. The van der Waals surface area contributed by atoms with Crippen LogP contribution >= 0.6 is 11.6 Å². The predicted molar refractivity (Wildman–Crippen MR) is 94.4 cm³/mol. The molecule has 1 aliphatic carbocycles. The van der Waals surface area contributed by atoms with Gasteiger partial charge in [0, 0.05) is 28.6 Å². The van der Waals surface area contributed by atoms with Crippen molar-refractivity contribution in [1.82, 2.24) is 4.31 Å². The molecule has 126 valence electrons. The molecule has 6 heteroatoms. The Morgan fingerprint density at radius 1 is 1.12 bits per heavy atom. The molecule has 0 atom stereocenters. The van der Waals surface area contributed by atoms with Crippen LogP contribution in [0, 0.1) is 5.82 Å². The summed E-state index contributed by atoms with van der Waals surface area (Å²) in [5.41, 5.74) is 1.00. The van der Waals surface area contributed by atoms with Crippen molar-refractivity contribution in [1.29, 1.82) is 0 Å². The topological polar surface area (TPSA) is 37.4 Å². The fourth-order valence-corrected chi connectivity index (χ4v) is 4.08. The molecule has 2 aromatic rings. The first-order valence-corrected chi connectivity index (χ1v) is 9.53. The zero-order valence-corrected chi connectivity index (χ0v) is 14.5. The summed E-state index contributed by atoms with van der Waals surface area (Å²) in [6.07, 6.45) is 3.11. The summed E-state index contributed by atoms with van der Waals surface area (Å²) < 4.78 is 40.7. The third-order valence-electron chi connectivity index (χ3n) is 3.89. The Balaban J connectivity index is 1.86. The third-order valence-corrected chi connectivity index (χ3v) is 5.80. The van der Waals surface area contributed by atoms with Gasteiger partial charge in [-0.2, -0.15) is 4.31 Å². The summed E-state index contributed by atoms with van der Waals surface area (Å²) in [5, 5.41) is 1.41. The highest BCUT2D eigenvalue weighted by Crippen LogP contribution is 2.33. The van der Waals surface area contributed by atoms with Crippen LogP contribution in [0.3, 0.4) is 0 Å². The van der Waals surface area contributed by atoms with Crippen molar-refractivity contribution in [3.8, 4) is 0 Å². The summed E-state index contributed by atoms with van der Waals surface area (Å²) in [5.74, 6) is -0.490. The lowest BCUT2D eigenvalue weighted by Gasteiger charge is -2.21. The molecule has 0 aromatic heterocycles. The van der Waals surface area contributed by atoms with E-state index in [1.54, 1.807) is 12.1 Å². The lowest BCUT2D eigenvalue weighted by Crippen LogP contribution is -2.31. The molecule has 1 aliphatic rings. The maximum absolute atomic E-state index is 14.0. The second-order valence-electron chi connectivity index (χ2n) is 5.73. The van der Waals surface area contributed by atoms with Crippen molar-refractivity contribution in [3.05, 3.63) is 75.9 Å². The molecule has 0 radical (unpaired) electrons. The van der Waals surface area contributed by atoms with E-state index in [0.717, 1.165) is 18.4 Å². The monoisotopic (exact) mass is 365 g/mol. The molecule has 0 aliphatic heterocycles. The highest BCUT2D eigenvalue weighted by molar-refractivity contribution is 7.92. The quantitative estimate of drug-likeness (QED) is 0.758. The number of hydrogen-bond acceptors (Lipinski definition) is 2. The van der Waals surface area contributed by atoms with Crippen molar-refractivity contribution >= 4 is 27.7 Å². The third kappa shape index (κ3) is 4.04. The van der Waals surface area contributed by atoms with E-state index in [2.05, 4.69) is 0 Å². The molecule has 1 fully saturated rings. The lowest BCUT2D eigenvalue weighted by molar-refractivity contribution is 0.397. The Morgan fingerprint density at radius 3 is 2.46 bits per heavy atom. The van der Waals surface area contributed by atoms with Crippen LogP contribution in [0.1, 0.15) is 24.0 Å². The molecule has 0 amide bonds. The zero-order chi connectivity index (χ0) is 17.2. The van der Waals surface area contributed by atoms with Crippen LogP contribution in [0.15, 0.2) is 53.9 Å². The first-order valence-electron chi connectivity index (χ1n) is 7.65. The molecule has 0 bridgehead atoms. The predicted octanol–water partition coefficient (Wildman–Crippen LogP) is 4.44. The van der Waals surface area contributed by atoms with Crippen LogP contribution in [0.2, 0.25) is 5.02 Å². The normalized spacial score (nSPS) is 15.3. The largest absolute Gasteiger partial charge is 0.236 e. The van der Waals surface area contributed by atoms with Gasteiger partial charge in [0.15, 0.2) is 0 Å². The van der Waals surface area contributed by atoms with Crippen molar-refractivity contribution in [2.24, 2.45) is 0 Å². The zero-order valence-electron chi connectivity index (χ0n) is 12.9. The Labute approximate surface area is 146 Å². The summed E-state index contributed by atoms with van der Waals surface area (Å²) in [6.45, 7) is -0.0579. The van der Waals surface area contributed by atoms with Gasteiger partial charge in [0.05, 0.1) is 0 Å². The minimum absolute atomic E-state index is 0.0579. The van der Waals surface area contributed by atoms with E-state index in [9.17, 15) is 12.8 Å². The van der Waals surface area contributed by atoms with Crippen LogP contribution in [0.4, 0.5) is 4.39 Å². The van der Waals surface area contributed by atoms with Crippen LogP contribution < -0.4 is 0 Å². The van der Waals surface area contributed by atoms with Crippen LogP contribution in [0.5, 0.6) is 0 Å². The molecule has 1 saturated carbocycles. The minimum Gasteiger partial charge on any atom is -0.207 e. The van der Waals surface area contributed by atoms with Gasteiger partial charge >= 0.3 is 0 Å². The van der Waals surface area contributed by atoms with E-state index in [1.807, 2.05) is 30.3 Å². The number of rotatable bonds is 6. The van der Waals surface area contributed by atoms with E-state index in [4.69, 9.17) is 11.6 Å². The number of halogens is 2. The Bertz CT molecular complexity index is 828. The first-order chi connectivity index (χ1) is 11.5. The number of nitrogens with zero attached hydrogens (tertiary/aromatic N) is 1. The molecule has 2 aromatic carbocycles.